The molecule has 2 aromatic rings. The summed E-state index contributed by atoms with van der Waals surface area (Å²) in [4.78, 5) is 54.5. The van der Waals surface area contributed by atoms with Crippen LogP contribution in [0.1, 0.15) is 52.5 Å². The number of benzene rings is 2. The van der Waals surface area contributed by atoms with Crippen molar-refractivity contribution in [2.75, 3.05) is 32.1 Å². The Labute approximate surface area is 199 Å². The van der Waals surface area contributed by atoms with Crippen LogP contribution in [0.15, 0.2) is 42.5 Å². The average molecular weight is 464 g/mol. The third kappa shape index (κ3) is 4.66. The maximum Gasteiger partial charge on any atom is 0.268 e. The number of rotatable bonds is 8. The van der Waals surface area contributed by atoms with Crippen LogP contribution < -0.4 is 9.64 Å². The summed E-state index contributed by atoms with van der Waals surface area (Å²) in [5, 5.41) is 0. The van der Waals surface area contributed by atoms with Gasteiger partial charge in [-0.15, -0.1) is 0 Å². The van der Waals surface area contributed by atoms with E-state index >= 15 is 0 Å². The van der Waals surface area contributed by atoms with Crippen LogP contribution in [0.25, 0.3) is 0 Å². The van der Waals surface area contributed by atoms with Crippen LogP contribution in [0.3, 0.4) is 0 Å². The minimum atomic E-state index is -0.629. The Morgan fingerprint density at radius 3 is 2.50 bits per heavy atom. The molecule has 2 heterocycles. The summed E-state index contributed by atoms with van der Waals surface area (Å²) in [6, 6.07) is 12.3. The van der Waals surface area contributed by atoms with Crippen LogP contribution in [0.4, 0.5) is 5.69 Å². The van der Waals surface area contributed by atoms with Gasteiger partial charge < -0.3 is 19.4 Å². The number of carbonyl (C=O) groups is 4. The van der Waals surface area contributed by atoms with E-state index in [1.807, 2.05) is 19.1 Å². The first-order valence-electron chi connectivity index (χ1n) is 11.5. The van der Waals surface area contributed by atoms with Gasteiger partial charge in [-0.1, -0.05) is 13.0 Å². The van der Waals surface area contributed by atoms with Crippen LogP contribution >= 0.6 is 0 Å². The summed E-state index contributed by atoms with van der Waals surface area (Å²) < 4.78 is 5.91. The monoisotopic (exact) mass is 463 g/mol. The number of ether oxygens (including phenoxy) is 1. The van der Waals surface area contributed by atoms with E-state index in [1.165, 1.54) is 9.80 Å². The Kier molecular flexibility index (Phi) is 6.68. The van der Waals surface area contributed by atoms with Crippen molar-refractivity contribution in [3.05, 3.63) is 59.2 Å². The highest BCUT2D eigenvalue weighted by Crippen LogP contribution is 2.30. The lowest BCUT2D eigenvalue weighted by Gasteiger charge is -2.18. The van der Waals surface area contributed by atoms with Crippen molar-refractivity contribution < 1.29 is 23.9 Å². The fraction of sp³-hybridized carbons (Fsp3) is 0.385. The molecule has 0 aromatic heterocycles. The molecule has 0 N–H and O–H groups in total. The van der Waals surface area contributed by atoms with Crippen molar-refractivity contribution in [3.63, 3.8) is 0 Å². The molecule has 1 unspecified atom stereocenters. The molecule has 2 aliphatic rings. The molecule has 2 aromatic carbocycles. The number of amides is 3. The molecule has 2 aliphatic heterocycles. The molecule has 0 bridgehead atoms. The number of likely N-dealkylation sites (N-methyl/N-ethyl adjacent to an activating group) is 1. The molecule has 1 atom stereocenters. The molecule has 1 saturated heterocycles. The fourth-order valence-electron chi connectivity index (χ4n) is 4.22. The maximum atomic E-state index is 13.0. The highest BCUT2D eigenvalue weighted by atomic mass is 16.5. The molecule has 0 spiro atoms. The lowest BCUT2D eigenvalue weighted by molar-refractivity contribution is -0.129. The van der Waals surface area contributed by atoms with Crippen molar-refractivity contribution in [1.82, 2.24) is 9.80 Å². The van der Waals surface area contributed by atoms with Crippen molar-refractivity contribution >= 4 is 29.2 Å². The highest BCUT2D eigenvalue weighted by molar-refractivity contribution is 6.04. The van der Waals surface area contributed by atoms with Gasteiger partial charge in [0.05, 0.1) is 0 Å². The van der Waals surface area contributed by atoms with E-state index in [1.54, 1.807) is 49.3 Å². The van der Waals surface area contributed by atoms with Crippen molar-refractivity contribution in [1.29, 1.82) is 0 Å². The SMILES string of the molecule is CCCC(=O)c1ccc(OC2CCN(c3ccc4c(c3)C(=O)N(CC(=O)N(C)C)C4)C2=O)cc1. The van der Waals surface area contributed by atoms with E-state index in [0.717, 1.165) is 12.0 Å². The normalized spacial score (nSPS) is 17.2. The third-order valence-corrected chi connectivity index (χ3v) is 6.20. The predicted molar refractivity (Wildman–Crippen MR) is 127 cm³/mol. The van der Waals surface area contributed by atoms with Crippen LogP contribution in [0.2, 0.25) is 0 Å². The number of hydrogen-bond donors (Lipinski definition) is 0. The molecule has 8 heteroatoms. The molecule has 4 rings (SSSR count). The van der Waals surface area contributed by atoms with Crippen molar-refractivity contribution in [3.8, 4) is 5.75 Å². The summed E-state index contributed by atoms with van der Waals surface area (Å²) in [5.74, 6) is 0.116. The van der Waals surface area contributed by atoms with Gasteiger partial charge in [-0.2, -0.15) is 0 Å². The number of anilines is 1. The van der Waals surface area contributed by atoms with Crippen LogP contribution in [0, 0.1) is 0 Å². The predicted octanol–water partition coefficient (Wildman–Crippen LogP) is 2.90. The first-order chi connectivity index (χ1) is 16.3. The number of nitrogens with zero attached hydrogens (tertiary/aromatic N) is 3. The van der Waals surface area contributed by atoms with E-state index in [4.69, 9.17) is 4.74 Å². The quantitative estimate of drug-likeness (QED) is 0.562. The van der Waals surface area contributed by atoms with Gasteiger partial charge in [0, 0.05) is 56.8 Å². The maximum absolute atomic E-state index is 13.0. The van der Waals surface area contributed by atoms with Gasteiger partial charge in [0.1, 0.15) is 12.3 Å². The molecule has 34 heavy (non-hydrogen) atoms. The van der Waals surface area contributed by atoms with Crippen LogP contribution in [0.5, 0.6) is 5.75 Å². The number of hydrogen-bond acceptors (Lipinski definition) is 5. The van der Waals surface area contributed by atoms with Gasteiger partial charge in [0.2, 0.25) is 5.91 Å². The van der Waals surface area contributed by atoms with Crippen LogP contribution in [-0.2, 0) is 16.1 Å². The molecular formula is C26H29N3O5. The molecule has 3 amide bonds. The summed E-state index contributed by atoms with van der Waals surface area (Å²) in [6.07, 6.45) is 1.19. The molecule has 0 saturated carbocycles. The molecule has 0 radical (unpaired) electrons. The first kappa shape index (κ1) is 23.5. The minimum Gasteiger partial charge on any atom is -0.481 e. The Morgan fingerprint density at radius 2 is 1.82 bits per heavy atom. The second kappa shape index (κ2) is 9.67. The fourth-order valence-corrected chi connectivity index (χ4v) is 4.22. The van der Waals surface area contributed by atoms with Gasteiger partial charge in [0.15, 0.2) is 11.9 Å². The molecule has 1 fully saturated rings. The van der Waals surface area contributed by atoms with E-state index < -0.39 is 6.10 Å². The molecule has 178 valence electrons. The zero-order valence-electron chi connectivity index (χ0n) is 19.7. The number of carbonyl (C=O) groups excluding carboxylic acids is 4. The second-order valence-electron chi connectivity index (χ2n) is 8.87. The average Bonchev–Trinajstić information content (AvgIpc) is 3.33. The van der Waals surface area contributed by atoms with E-state index in [2.05, 4.69) is 0 Å². The Balaban J connectivity index is 1.42. The zero-order chi connectivity index (χ0) is 24.4. The van der Waals surface area contributed by atoms with Gasteiger partial charge in [0.25, 0.3) is 11.8 Å². The summed E-state index contributed by atoms with van der Waals surface area (Å²) in [7, 11) is 3.32. The van der Waals surface area contributed by atoms with Gasteiger partial charge >= 0.3 is 0 Å². The number of fused-ring (bicyclic) bond motifs is 1. The van der Waals surface area contributed by atoms with Crippen LogP contribution in [-0.4, -0.2) is 66.6 Å². The largest absolute Gasteiger partial charge is 0.481 e. The number of Topliss-reactive ketones (excluding diaryl/α,β-unsaturated/α-hetero) is 1. The van der Waals surface area contributed by atoms with E-state index in [0.29, 0.717) is 48.5 Å². The van der Waals surface area contributed by atoms with E-state index in [9.17, 15) is 19.2 Å². The van der Waals surface area contributed by atoms with Crippen molar-refractivity contribution in [2.24, 2.45) is 0 Å². The second-order valence-corrected chi connectivity index (χ2v) is 8.87. The Morgan fingerprint density at radius 1 is 1.09 bits per heavy atom. The Hall–Kier alpha value is -3.68. The zero-order valence-corrected chi connectivity index (χ0v) is 19.7. The summed E-state index contributed by atoms with van der Waals surface area (Å²) in [6.45, 7) is 2.85. The van der Waals surface area contributed by atoms with Gasteiger partial charge in [-0.25, -0.2) is 0 Å². The highest BCUT2D eigenvalue weighted by Gasteiger charge is 2.36. The lowest BCUT2D eigenvalue weighted by Crippen LogP contribution is -2.36. The minimum absolute atomic E-state index is 0.0250. The van der Waals surface area contributed by atoms with Crippen molar-refractivity contribution in [2.45, 2.75) is 38.8 Å². The third-order valence-electron chi connectivity index (χ3n) is 6.20. The molecule has 8 nitrogen and oxygen atoms in total. The first-order valence-corrected chi connectivity index (χ1v) is 11.5. The summed E-state index contributed by atoms with van der Waals surface area (Å²) in [5.41, 5.74) is 2.65. The van der Waals surface area contributed by atoms with Gasteiger partial charge in [-0.05, 0) is 48.4 Å². The molecule has 0 aliphatic carbocycles. The smallest absolute Gasteiger partial charge is 0.268 e. The standard InChI is InChI=1S/C26H29N3O5/c1-4-5-22(30)17-7-10-20(11-8-17)34-23-12-13-29(26(23)33)19-9-6-18-15-28(16-24(31)27(2)3)25(32)21(18)14-19/h6-11,14,23H,4-5,12-13,15-16H2,1-3H3. The Bertz CT molecular complexity index is 1130. The number of ketones is 1. The van der Waals surface area contributed by atoms with E-state index in [-0.39, 0.29) is 30.0 Å². The lowest BCUT2D eigenvalue weighted by atomic mass is 10.1. The van der Waals surface area contributed by atoms with Gasteiger partial charge in [-0.3, -0.25) is 19.2 Å². The molecular weight excluding hydrogens is 434 g/mol. The summed E-state index contributed by atoms with van der Waals surface area (Å²) >= 11 is 0. The topological polar surface area (TPSA) is 87.2 Å².